The molecule has 0 unspecified atom stereocenters. The average molecular weight is 436 g/mol. The van der Waals surface area contributed by atoms with Crippen molar-refractivity contribution in [2.75, 3.05) is 42.8 Å². The Labute approximate surface area is 168 Å². The van der Waals surface area contributed by atoms with Gasteiger partial charge >= 0.3 is 0 Å². The summed E-state index contributed by atoms with van der Waals surface area (Å²) in [4.78, 5) is 3.48. The van der Waals surface area contributed by atoms with Crippen LogP contribution >= 0.6 is 12.4 Å². The van der Waals surface area contributed by atoms with Crippen molar-refractivity contribution in [3.05, 3.63) is 53.3 Å². The second kappa shape index (κ2) is 8.59. The molecule has 10 heteroatoms. The van der Waals surface area contributed by atoms with Crippen molar-refractivity contribution >= 4 is 33.8 Å². The zero-order valence-electron chi connectivity index (χ0n) is 15.4. The van der Waals surface area contributed by atoms with Crippen molar-refractivity contribution in [3.63, 3.8) is 0 Å². The van der Waals surface area contributed by atoms with Gasteiger partial charge in [0.2, 0.25) is 0 Å². The fourth-order valence-corrected chi connectivity index (χ4v) is 4.14. The minimum Gasteiger partial charge on any atom is -0.369 e. The molecule has 0 amide bonds. The maximum atomic E-state index is 13.9. The lowest BCUT2D eigenvalue weighted by Gasteiger charge is -2.34. The van der Waals surface area contributed by atoms with Gasteiger partial charge in [0.05, 0.1) is 5.69 Å². The molecule has 0 radical (unpaired) electrons. The molecule has 0 atom stereocenters. The SMILES string of the molecule is Cc1cc(N2CCN(C)CC2)ccc1NS(=O)(=O)c1ccc(F)c(F)c1F.Cl. The molecule has 2 aromatic carbocycles. The molecule has 0 aromatic heterocycles. The van der Waals surface area contributed by atoms with Gasteiger partial charge in [0.15, 0.2) is 17.5 Å². The molecule has 0 spiro atoms. The standard InChI is InChI=1S/C18H20F3N3O2S.ClH/c1-12-11-13(24-9-7-23(2)8-10-24)3-5-15(12)22-27(25,26)16-6-4-14(19)17(20)18(16)21;/h3-6,11,22H,7-10H2,1-2H3;1H. The third-order valence-corrected chi connectivity index (χ3v) is 5.99. The molecular formula is C18H21ClF3N3O2S. The summed E-state index contributed by atoms with van der Waals surface area (Å²) in [6, 6.07) is 6.47. The lowest BCUT2D eigenvalue weighted by atomic mass is 10.1. The number of sulfonamides is 1. The van der Waals surface area contributed by atoms with E-state index in [9.17, 15) is 21.6 Å². The van der Waals surface area contributed by atoms with Crippen molar-refractivity contribution in [2.24, 2.45) is 0 Å². The first-order chi connectivity index (χ1) is 12.7. The summed E-state index contributed by atoms with van der Waals surface area (Å²) < 4.78 is 67.3. The number of nitrogens with zero attached hydrogens (tertiary/aromatic N) is 2. The first kappa shape index (κ1) is 22.3. The van der Waals surface area contributed by atoms with E-state index in [0.29, 0.717) is 17.7 Å². The van der Waals surface area contributed by atoms with E-state index >= 15 is 0 Å². The van der Waals surface area contributed by atoms with Crippen LogP contribution < -0.4 is 9.62 Å². The number of piperazine rings is 1. The van der Waals surface area contributed by atoms with Crippen molar-refractivity contribution in [1.82, 2.24) is 4.90 Å². The van der Waals surface area contributed by atoms with Crippen LogP contribution in [0.2, 0.25) is 0 Å². The van der Waals surface area contributed by atoms with Gasteiger partial charge in [-0.15, -0.1) is 12.4 Å². The minimum absolute atomic E-state index is 0. The number of aryl methyl sites for hydroxylation is 1. The monoisotopic (exact) mass is 435 g/mol. The molecule has 0 bridgehead atoms. The summed E-state index contributed by atoms with van der Waals surface area (Å²) in [5, 5.41) is 0. The summed E-state index contributed by atoms with van der Waals surface area (Å²) in [7, 11) is -2.35. The number of benzene rings is 2. The van der Waals surface area contributed by atoms with E-state index in [1.807, 2.05) is 6.07 Å². The van der Waals surface area contributed by atoms with Gasteiger partial charge in [-0.1, -0.05) is 0 Å². The molecule has 1 aliphatic heterocycles. The van der Waals surface area contributed by atoms with Crippen molar-refractivity contribution in [1.29, 1.82) is 0 Å². The molecule has 0 saturated carbocycles. The molecule has 28 heavy (non-hydrogen) atoms. The highest BCUT2D eigenvalue weighted by Crippen LogP contribution is 2.27. The van der Waals surface area contributed by atoms with Crippen LogP contribution in [-0.2, 0) is 10.0 Å². The molecule has 1 aliphatic rings. The fraction of sp³-hybridized carbons (Fsp3) is 0.333. The van der Waals surface area contributed by atoms with E-state index in [4.69, 9.17) is 0 Å². The van der Waals surface area contributed by atoms with Crippen LogP contribution in [0.1, 0.15) is 5.56 Å². The van der Waals surface area contributed by atoms with Crippen molar-refractivity contribution in [3.8, 4) is 0 Å². The van der Waals surface area contributed by atoms with E-state index in [1.165, 1.54) is 0 Å². The first-order valence-corrected chi connectivity index (χ1v) is 9.88. The van der Waals surface area contributed by atoms with E-state index in [-0.39, 0.29) is 18.1 Å². The Kier molecular flexibility index (Phi) is 6.84. The zero-order valence-corrected chi connectivity index (χ0v) is 17.0. The number of likely N-dealkylation sites (N-methyl/N-ethyl adjacent to an activating group) is 1. The van der Waals surface area contributed by atoms with Crippen LogP contribution in [0, 0.1) is 24.4 Å². The third kappa shape index (κ3) is 4.53. The van der Waals surface area contributed by atoms with Gasteiger partial charge < -0.3 is 9.80 Å². The van der Waals surface area contributed by atoms with Gasteiger partial charge in [0.25, 0.3) is 10.0 Å². The van der Waals surface area contributed by atoms with Gasteiger partial charge in [0.1, 0.15) is 4.90 Å². The largest absolute Gasteiger partial charge is 0.369 e. The summed E-state index contributed by atoms with van der Waals surface area (Å²) in [6.07, 6.45) is 0. The van der Waals surface area contributed by atoms with Crippen LogP contribution in [0.5, 0.6) is 0 Å². The molecule has 3 rings (SSSR count). The Morgan fingerprint density at radius 1 is 0.964 bits per heavy atom. The second-order valence-corrected chi connectivity index (χ2v) is 8.22. The number of hydrogen-bond acceptors (Lipinski definition) is 4. The zero-order chi connectivity index (χ0) is 19.8. The summed E-state index contributed by atoms with van der Waals surface area (Å²) in [5.41, 5.74) is 1.84. The number of hydrogen-bond donors (Lipinski definition) is 1. The summed E-state index contributed by atoms with van der Waals surface area (Å²) in [5.74, 6) is -5.01. The molecular weight excluding hydrogens is 415 g/mol. The van der Waals surface area contributed by atoms with Gasteiger partial charge in [-0.3, -0.25) is 4.72 Å². The van der Waals surface area contributed by atoms with E-state index in [0.717, 1.165) is 31.9 Å². The predicted molar refractivity (Wildman–Crippen MR) is 105 cm³/mol. The Bertz CT molecular complexity index is 965. The highest BCUT2D eigenvalue weighted by Gasteiger charge is 2.25. The van der Waals surface area contributed by atoms with Crippen molar-refractivity contribution in [2.45, 2.75) is 11.8 Å². The smallest absolute Gasteiger partial charge is 0.264 e. The first-order valence-electron chi connectivity index (χ1n) is 8.39. The average Bonchev–Trinajstić information content (AvgIpc) is 2.62. The fourth-order valence-electron chi connectivity index (χ4n) is 2.94. The van der Waals surface area contributed by atoms with E-state index in [1.54, 1.807) is 19.1 Å². The lowest BCUT2D eigenvalue weighted by Crippen LogP contribution is -2.44. The van der Waals surface area contributed by atoms with Crippen LogP contribution in [0.15, 0.2) is 35.2 Å². The quantitative estimate of drug-likeness (QED) is 0.748. The van der Waals surface area contributed by atoms with E-state index < -0.39 is 32.4 Å². The van der Waals surface area contributed by atoms with Crippen LogP contribution in [-0.4, -0.2) is 46.5 Å². The predicted octanol–water partition coefficient (Wildman–Crippen LogP) is 3.39. The summed E-state index contributed by atoms with van der Waals surface area (Å²) in [6.45, 7) is 5.31. The Morgan fingerprint density at radius 3 is 2.21 bits per heavy atom. The van der Waals surface area contributed by atoms with Crippen LogP contribution in [0.4, 0.5) is 24.5 Å². The molecule has 1 heterocycles. The van der Waals surface area contributed by atoms with Crippen LogP contribution in [0.3, 0.4) is 0 Å². The molecule has 5 nitrogen and oxygen atoms in total. The highest BCUT2D eigenvalue weighted by molar-refractivity contribution is 7.92. The lowest BCUT2D eigenvalue weighted by molar-refractivity contribution is 0.313. The highest BCUT2D eigenvalue weighted by atomic mass is 35.5. The molecule has 1 fully saturated rings. The van der Waals surface area contributed by atoms with E-state index in [2.05, 4.69) is 21.6 Å². The second-order valence-electron chi connectivity index (χ2n) is 6.57. The number of nitrogens with one attached hydrogen (secondary N) is 1. The van der Waals surface area contributed by atoms with Crippen LogP contribution in [0.25, 0.3) is 0 Å². The minimum atomic E-state index is -4.40. The number of rotatable bonds is 4. The Balaban J connectivity index is 0.00000280. The number of halogens is 4. The molecule has 2 aromatic rings. The van der Waals surface area contributed by atoms with Crippen molar-refractivity contribution < 1.29 is 21.6 Å². The Morgan fingerprint density at radius 2 is 1.61 bits per heavy atom. The molecule has 1 saturated heterocycles. The number of anilines is 2. The Hall–Kier alpha value is -1.97. The maximum Gasteiger partial charge on any atom is 0.264 e. The van der Waals surface area contributed by atoms with Gasteiger partial charge in [-0.2, -0.15) is 0 Å². The molecule has 1 N–H and O–H groups in total. The summed E-state index contributed by atoms with van der Waals surface area (Å²) >= 11 is 0. The molecule has 0 aliphatic carbocycles. The normalized spacial score (nSPS) is 15.2. The maximum absolute atomic E-state index is 13.9. The topological polar surface area (TPSA) is 52.6 Å². The molecule has 154 valence electrons. The van der Waals surface area contributed by atoms with Gasteiger partial charge in [-0.05, 0) is 49.9 Å². The third-order valence-electron chi connectivity index (χ3n) is 4.61. The van der Waals surface area contributed by atoms with Gasteiger partial charge in [0, 0.05) is 31.9 Å². The van der Waals surface area contributed by atoms with Gasteiger partial charge in [-0.25, -0.2) is 21.6 Å².